The van der Waals surface area contributed by atoms with E-state index in [0.29, 0.717) is 21.8 Å². The van der Waals surface area contributed by atoms with Gasteiger partial charge in [0, 0.05) is 21.3 Å². The monoisotopic (exact) mass is 439 g/mol. The Bertz CT molecular complexity index is 966. The molecule has 0 radical (unpaired) electrons. The summed E-state index contributed by atoms with van der Waals surface area (Å²) in [7, 11) is 0. The fourth-order valence-corrected chi connectivity index (χ4v) is 3.05. The first-order chi connectivity index (χ1) is 13.0. The summed E-state index contributed by atoms with van der Waals surface area (Å²) in [5.41, 5.74) is 3.38. The summed E-state index contributed by atoms with van der Waals surface area (Å²) in [6.45, 7) is 1.81. The first kappa shape index (κ1) is 19.1. The third-order valence-electron chi connectivity index (χ3n) is 4.13. The molecule has 1 heterocycles. The highest BCUT2D eigenvalue weighted by atomic mass is 79.9. The number of carbonyl (C=O) groups is 1. The molecule has 1 atom stereocenters. The molecule has 134 valence electrons. The highest BCUT2D eigenvalue weighted by Crippen LogP contribution is 2.24. The average molecular weight is 441 g/mol. The average Bonchev–Trinajstić information content (AvgIpc) is 2.67. The van der Waals surface area contributed by atoms with E-state index < -0.39 is 6.04 Å². The molecule has 1 N–H and O–H groups in total. The smallest absolute Gasteiger partial charge is 0.252 e. The van der Waals surface area contributed by atoms with Gasteiger partial charge in [0.25, 0.3) is 5.91 Å². The van der Waals surface area contributed by atoms with Crippen LogP contribution in [0.4, 0.5) is 0 Å². The molecule has 3 rings (SSSR count). The van der Waals surface area contributed by atoms with E-state index in [4.69, 9.17) is 16.9 Å². The number of nitrogens with one attached hydrogen (secondary N) is 1. The minimum atomic E-state index is -0.432. The number of aromatic nitrogens is 1. The van der Waals surface area contributed by atoms with Gasteiger partial charge in [-0.3, -0.25) is 9.78 Å². The zero-order valence-electron chi connectivity index (χ0n) is 14.4. The molecule has 4 nitrogen and oxygen atoms in total. The molecule has 1 unspecified atom stereocenters. The zero-order valence-corrected chi connectivity index (χ0v) is 16.8. The summed E-state index contributed by atoms with van der Waals surface area (Å²) in [6, 6.07) is 17.7. The summed E-state index contributed by atoms with van der Waals surface area (Å²) >= 11 is 9.37. The lowest BCUT2D eigenvalue weighted by molar-refractivity contribution is 0.0942. The lowest BCUT2D eigenvalue weighted by atomic mass is 10.0. The Morgan fingerprint density at radius 2 is 1.93 bits per heavy atom. The van der Waals surface area contributed by atoms with Crippen LogP contribution in [0, 0.1) is 18.3 Å². The number of nitrogens with zero attached hydrogens (tertiary/aromatic N) is 2. The molecule has 0 bridgehead atoms. The Morgan fingerprint density at radius 3 is 2.52 bits per heavy atom. The first-order valence-electron chi connectivity index (χ1n) is 8.16. The van der Waals surface area contributed by atoms with Gasteiger partial charge in [-0.25, -0.2) is 0 Å². The fourth-order valence-electron chi connectivity index (χ4n) is 2.69. The Balaban J connectivity index is 1.94. The van der Waals surface area contributed by atoms with Crippen LogP contribution in [0.5, 0.6) is 0 Å². The Morgan fingerprint density at radius 1 is 1.19 bits per heavy atom. The van der Waals surface area contributed by atoms with E-state index in [1.165, 1.54) is 0 Å². The van der Waals surface area contributed by atoms with Crippen LogP contribution in [0.2, 0.25) is 5.02 Å². The van der Waals surface area contributed by atoms with E-state index in [0.717, 1.165) is 15.6 Å². The van der Waals surface area contributed by atoms with Crippen LogP contribution in [0.15, 0.2) is 65.3 Å². The number of aryl methyl sites for hydroxylation is 1. The number of carbonyl (C=O) groups excluding carboxylic acids is 1. The predicted molar refractivity (Wildman–Crippen MR) is 109 cm³/mol. The van der Waals surface area contributed by atoms with E-state index in [2.05, 4.69) is 32.3 Å². The SMILES string of the molecule is Cc1cc(C(=O)NC(c2ccc(Cl)cc2)c2ccc(Br)cn2)ccc1C#N. The fraction of sp³-hybridized carbons (Fsp3) is 0.0952. The molecule has 0 aliphatic carbocycles. The Labute approximate surface area is 170 Å². The van der Waals surface area contributed by atoms with E-state index in [9.17, 15) is 4.79 Å². The molecule has 1 amide bonds. The Hall–Kier alpha value is -2.68. The Kier molecular flexibility index (Phi) is 5.90. The molecule has 0 saturated carbocycles. The lowest BCUT2D eigenvalue weighted by Gasteiger charge is -2.19. The van der Waals surface area contributed by atoms with Crippen molar-refractivity contribution in [2.75, 3.05) is 0 Å². The molecule has 1 aromatic heterocycles. The van der Waals surface area contributed by atoms with Crippen LogP contribution in [0.1, 0.15) is 38.8 Å². The van der Waals surface area contributed by atoms with Gasteiger partial charge in [-0.15, -0.1) is 0 Å². The van der Waals surface area contributed by atoms with Crippen LogP contribution < -0.4 is 5.32 Å². The van der Waals surface area contributed by atoms with Crippen molar-refractivity contribution in [3.05, 3.63) is 98.2 Å². The van der Waals surface area contributed by atoms with Crippen LogP contribution >= 0.6 is 27.5 Å². The number of benzene rings is 2. The van der Waals surface area contributed by atoms with Crippen molar-refractivity contribution in [1.82, 2.24) is 10.3 Å². The summed E-state index contributed by atoms with van der Waals surface area (Å²) in [5.74, 6) is -0.243. The molecule has 0 aliphatic heterocycles. The topological polar surface area (TPSA) is 65.8 Å². The van der Waals surface area contributed by atoms with Crippen LogP contribution in [-0.2, 0) is 0 Å². The second kappa shape index (κ2) is 8.34. The molecular weight excluding hydrogens is 426 g/mol. The third kappa shape index (κ3) is 4.54. The predicted octanol–water partition coefficient (Wildman–Crippen LogP) is 5.20. The van der Waals surface area contributed by atoms with Gasteiger partial charge < -0.3 is 5.32 Å². The maximum atomic E-state index is 12.8. The van der Waals surface area contributed by atoms with Crippen molar-refractivity contribution in [2.45, 2.75) is 13.0 Å². The molecule has 27 heavy (non-hydrogen) atoms. The van der Waals surface area contributed by atoms with Gasteiger partial charge in [0.1, 0.15) is 0 Å². The summed E-state index contributed by atoms with van der Waals surface area (Å²) in [4.78, 5) is 17.3. The highest BCUT2D eigenvalue weighted by molar-refractivity contribution is 9.10. The maximum Gasteiger partial charge on any atom is 0.252 e. The normalized spacial score (nSPS) is 11.5. The van der Waals surface area contributed by atoms with E-state index in [1.54, 1.807) is 36.5 Å². The standard InChI is InChI=1S/C21H15BrClN3O/c1-13-10-15(2-3-16(13)11-24)21(27)26-20(14-4-7-18(23)8-5-14)19-9-6-17(22)12-25-19/h2-10,12,20H,1H3,(H,26,27). The van der Waals surface area contributed by atoms with Crippen molar-refractivity contribution in [2.24, 2.45) is 0 Å². The number of amides is 1. The summed E-state index contributed by atoms with van der Waals surface area (Å²) in [5, 5.41) is 12.7. The molecule has 0 fully saturated rings. The molecule has 0 saturated heterocycles. The largest absolute Gasteiger partial charge is 0.340 e. The summed E-state index contributed by atoms with van der Waals surface area (Å²) in [6.07, 6.45) is 1.69. The van der Waals surface area contributed by atoms with Crippen LogP contribution in [0.25, 0.3) is 0 Å². The number of pyridine rings is 1. The van der Waals surface area contributed by atoms with Crippen molar-refractivity contribution in [3.63, 3.8) is 0 Å². The second-order valence-electron chi connectivity index (χ2n) is 6.00. The maximum absolute atomic E-state index is 12.8. The molecule has 0 aliphatic rings. The van der Waals surface area contributed by atoms with Gasteiger partial charge in [-0.2, -0.15) is 5.26 Å². The third-order valence-corrected chi connectivity index (χ3v) is 4.85. The van der Waals surface area contributed by atoms with E-state index in [1.807, 2.05) is 31.2 Å². The molecule has 2 aromatic carbocycles. The molecule has 0 spiro atoms. The first-order valence-corrected chi connectivity index (χ1v) is 9.33. The summed E-state index contributed by atoms with van der Waals surface area (Å²) < 4.78 is 0.857. The van der Waals surface area contributed by atoms with Gasteiger partial charge in [-0.1, -0.05) is 23.7 Å². The quantitative estimate of drug-likeness (QED) is 0.606. The van der Waals surface area contributed by atoms with Crippen LogP contribution in [-0.4, -0.2) is 10.9 Å². The van der Waals surface area contributed by atoms with Gasteiger partial charge in [-0.05, 0) is 76.4 Å². The van der Waals surface area contributed by atoms with Gasteiger partial charge in [0.15, 0.2) is 0 Å². The number of nitriles is 1. The van der Waals surface area contributed by atoms with Gasteiger partial charge >= 0.3 is 0 Å². The zero-order chi connectivity index (χ0) is 19.4. The highest BCUT2D eigenvalue weighted by Gasteiger charge is 2.19. The van der Waals surface area contributed by atoms with Crippen molar-refractivity contribution in [1.29, 1.82) is 5.26 Å². The van der Waals surface area contributed by atoms with Gasteiger partial charge in [0.2, 0.25) is 0 Å². The molecular formula is C21H15BrClN3O. The lowest BCUT2D eigenvalue weighted by Crippen LogP contribution is -2.30. The van der Waals surface area contributed by atoms with Crippen molar-refractivity contribution in [3.8, 4) is 6.07 Å². The number of hydrogen-bond acceptors (Lipinski definition) is 3. The van der Waals surface area contributed by atoms with E-state index in [-0.39, 0.29) is 5.91 Å². The van der Waals surface area contributed by atoms with Gasteiger partial charge in [0.05, 0.1) is 23.4 Å². The number of halogens is 2. The van der Waals surface area contributed by atoms with Crippen molar-refractivity contribution >= 4 is 33.4 Å². The van der Waals surface area contributed by atoms with E-state index >= 15 is 0 Å². The number of rotatable bonds is 4. The molecule has 3 aromatic rings. The van der Waals surface area contributed by atoms with Crippen LogP contribution in [0.3, 0.4) is 0 Å². The number of hydrogen-bond donors (Lipinski definition) is 1. The second-order valence-corrected chi connectivity index (χ2v) is 7.35. The van der Waals surface area contributed by atoms with Crippen molar-refractivity contribution < 1.29 is 4.79 Å². The minimum Gasteiger partial charge on any atom is -0.340 e. The minimum absolute atomic E-state index is 0.243. The molecule has 6 heteroatoms.